The van der Waals surface area contributed by atoms with E-state index in [9.17, 15) is 0 Å². The van der Waals surface area contributed by atoms with Crippen molar-refractivity contribution in [2.75, 3.05) is 0 Å². The van der Waals surface area contributed by atoms with E-state index in [-0.39, 0.29) is 5.41 Å². The summed E-state index contributed by atoms with van der Waals surface area (Å²) in [6.45, 7) is 2.43. The molecule has 2 heteroatoms. The van der Waals surface area contributed by atoms with Gasteiger partial charge in [-0.3, -0.25) is 0 Å². The molecule has 27 heavy (non-hydrogen) atoms. The second-order valence-corrected chi connectivity index (χ2v) is 8.61. The molecule has 0 aromatic heterocycles. The molecular weight excluding hydrogens is 330 g/mol. The molecule has 2 aliphatic heterocycles. The molecule has 5 aliphatic rings. The molecule has 0 N–H and O–H groups in total. The van der Waals surface area contributed by atoms with Crippen LogP contribution < -0.4 is 4.74 Å². The number of hydrogen-bond acceptors (Lipinski definition) is 2. The predicted molar refractivity (Wildman–Crippen MR) is 108 cm³/mol. The van der Waals surface area contributed by atoms with Gasteiger partial charge < -0.3 is 9.64 Å². The maximum absolute atomic E-state index is 6.32. The van der Waals surface area contributed by atoms with Crippen molar-refractivity contribution in [1.82, 2.24) is 4.90 Å². The molecule has 1 aromatic carbocycles. The summed E-state index contributed by atoms with van der Waals surface area (Å²) in [6.07, 6.45) is 20.9. The van der Waals surface area contributed by atoms with Crippen LogP contribution in [-0.4, -0.2) is 17.0 Å². The summed E-state index contributed by atoms with van der Waals surface area (Å²) >= 11 is 0. The van der Waals surface area contributed by atoms with Crippen LogP contribution in [0.15, 0.2) is 83.8 Å². The molecule has 1 saturated heterocycles. The molecule has 0 radical (unpaired) electrons. The lowest BCUT2D eigenvalue weighted by atomic mass is 9.68. The number of allylic oxidation sites excluding steroid dienone is 7. The smallest absolute Gasteiger partial charge is 0.130 e. The number of likely N-dealkylation sites (tertiary alicyclic amines) is 1. The maximum Gasteiger partial charge on any atom is 0.130 e. The first kappa shape index (κ1) is 15.6. The van der Waals surface area contributed by atoms with E-state index >= 15 is 0 Å². The summed E-state index contributed by atoms with van der Waals surface area (Å²) < 4.78 is 6.32. The number of benzene rings is 1. The fraction of sp³-hybridized carbons (Fsp3) is 0.360. The Kier molecular flexibility index (Phi) is 3.18. The monoisotopic (exact) mass is 355 g/mol. The van der Waals surface area contributed by atoms with E-state index in [1.165, 1.54) is 17.0 Å². The largest absolute Gasteiger partial charge is 0.461 e. The van der Waals surface area contributed by atoms with Crippen LogP contribution in [0.1, 0.15) is 44.1 Å². The molecule has 0 saturated carbocycles. The van der Waals surface area contributed by atoms with Gasteiger partial charge in [-0.25, -0.2) is 0 Å². The Balaban J connectivity index is 1.50. The van der Waals surface area contributed by atoms with Crippen molar-refractivity contribution in [2.24, 2.45) is 5.41 Å². The Morgan fingerprint density at radius 3 is 2.89 bits per heavy atom. The van der Waals surface area contributed by atoms with Crippen LogP contribution in [0, 0.1) is 5.41 Å². The van der Waals surface area contributed by atoms with Crippen molar-refractivity contribution in [3.05, 3.63) is 89.4 Å². The van der Waals surface area contributed by atoms with Crippen molar-refractivity contribution in [2.45, 2.75) is 50.6 Å². The van der Waals surface area contributed by atoms with Crippen LogP contribution in [0.25, 0.3) is 0 Å². The molecule has 2 nitrogen and oxygen atoms in total. The van der Waals surface area contributed by atoms with E-state index < -0.39 is 0 Å². The zero-order valence-corrected chi connectivity index (χ0v) is 15.8. The average Bonchev–Trinajstić information content (AvgIpc) is 3.18. The van der Waals surface area contributed by atoms with Crippen molar-refractivity contribution in [3.8, 4) is 5.75 Å². The summed E-state index contributed by atoms with van der Waals surface area (Å²) in [7, 11) is 0. The third-order valence-corrected chi connectivity index (χ3v) is 7.21. The molecule has 0 bridgehead atoms. The number of rotatable bonds is 1. The van der Waals surface area contributed by atoms with Gasteiger partial charge in [0, 0.05) is 28.6 Å². The summed E-state index contributed by atoms with van der Waals surface area (Å²) in [5.41, 5.74) is 4.49. The van der Waals surface area contributed by atoms with Crippen molar-refractivity contribution in [3.63, 3.8) is 0 Å². The summed E-state index contributed by atoms with van der Waals surface area (Å²) in [5, 5.41) is 0. The van der Waals surface area contributed by atoms with E-state index in [4.69, 9.17) is 4.74 Å². The van der Waals surface area contributed by atoms with Gasteiger partial charge in [0.1, 0.15) is 11.5 Å². The van der Waals surface area contributed by atoms with E-state index in [0.717, 1.165) is 31.4 Å². The van der Waals surface area contributed by atoms with Crippen LogP contribution in [-0.2, 0) is 0 Å². The fourth-order valence-corrected chi connectivity index (χ4v) is 5.97. The van der Waals surface area contributed by atoms with E-state index in [1.807, 2.05) is 0 Å². The zero-order valence-electron chi connectivity index (χ0n) is 15.8. The van der Waals surface area contributed by atoms with Crippen LogP contribution in [0.4, 0.5) is 0 Å². The van der Waals surface area contributed by atoms with Crippen LogP contribution in [0.2, 0.25) is 0 Å². The number of ether oxygens (including phenoxy) is 1. The average molecular weight is 355 g/mol. The Morgan fingerprint density at radius 1 is 1.11 bits per heavy atom. The Morgan fingerprint density at radius 2 is 2.00 bits per heavy atom. The van der Waals surface area contributed by atoms with Crippen LogP contribution in [0.3, 0.4) is 0 Å². The fourth-order valence-electron chi connectivity index (χ4n) is 5.97. The lowest BCUT2D eigenvalue weighted by molar-refractivity contribution is 0.174. The minimum atomic E-state index is 0.0469. The molecular formula is C25H25NO. The third-order valence-electron chi connectivity index (χ3n) is 7.21. The van der Waals surface area contributed by atoms with Gasteiger partial charge >= 0.3 is 0 Å². The van der Waals surface area contributed by atoms with Gasteiger partial charge in [-0.1, -0.05) is 55.5 Å². The first-order valence-corrected chi connectivity index (χ1v) is 10.3. The molecule has 6 rings (SSSR count). The molecule has 136 valence electrons. The highest BCUT2D eigenvalue weighted by molar-refractivity contribution is 5.52. The van der Waals surface area contributed by atoms with Gasteiger partial charge in [-0.2, -0.15) is 0 Å². The Labute approximate surface area is 161 Å². The maximum atomic E-state index is 6.32. The summed E-state index contributed by atoms with van der Waals surface area (Å²) in [5.74, 6) is 2.62. The number of fused-ring (bicyclic) bond motifs is 6. The molecule has 0 amide bonds. The number of nitrogens with zero attached hydrogens (tertiary/aromatic N) is 1. The first-order chi connectivity index (χ1) is 13.3. The molecule has 1 fully saturated rings. The van der Waals surface area contributed by atoms with Crippen molar-refractivity contribution < 1.29 is 4.74 Å². The van der Waals surface area contributed by atoms with E-state index in [0.29, 0.717) is 18.0 Å². The summed E-state index contributed by atoms with van der Waals surface area (Å²) in [4.78, 5) is 2.77. The zero-order chi connectivity index (χ0) is 18.0. The Bertz CT molecular complexity index is 962. The lowest BCUT2D eigenvalue weighted by Crippen LogP contribution is -2.42. The second-order valence-electron chi connectivity index (χ2n) is 8.61. The van der Waals surface area contributed by atoms with Crippen molar-refractivity contribution in [1.29, 1.82) is 0 Å². The topological polar surface area (TPSA) is 12.5 Å². The quantitative estimate of drug-likeness (QED) is 0.647. The normalized spacial score (nSPS) is 35.4. The van der Waals surface area contributed by atoms with Gasteiger partial charge in [0.05, 0.1) is 6.04 Å². The molecule has 2 heterocycles. The van der Waals surface area contributed by atoms with Crippen molar-refractivity contribution >= 4 is 0 Å². The SMILES string of the molecule is CC12C=C3Oc4ccccc4C3CC1N(C1=CC=CCC1)C1CC=CC=C12. The number of para-hydroxylation sites is 1. The Hall–Kier alpha value is -2.48. The first-order valence-electron chi connectivity index (χ1n) is 10.3. The van der Waals surface area contributed by atoms with Gasteiger partial charge in [-0.15, -0.1) is 0 Å². The van der Waals surface area contributed by atoms with E-state index in [1.54, 1.807) is 5.57 Å². The highest BCUT2D eigenvalue weighted by atomic mass is 16.5. The standard InChI is InChI=1S/C25H25NO/c1-25-16-23-19(18-11-5-8-14-22(18)27-23)15-24(25)26(17-9-3-2-4-10-17)21-13-7-6-12-20(21)25/h2-3,5-9,11-12,14,16,19,21,24H,4,10,13,15H2,1H3. The predicted octanol–water partition coefficient (Wildman–Crippen LogP) is 5.63. The van der Waals surface area contributed by atoms with Gasteiger partial charge in [-0.05, 0) is 49.5 Å². The van der Waals surface area contributed by atoms with Crippen LogP contribution >= 0.6 is 0 Å². The minimum Gasteiger partial charge on any atom is -0.461 e. The second kappa shape index (κ2) is 5.51. The molecule has 4 unspecified atom stereocenters. The minimum absolute atomic E-state index is 0.0469. The van der Waals surface area contributed by atoms with Gasteiger partial charge in [0.2, 0.25) is 0 Å². The molecule has 1 aromatic rings. The molecule has 0 spiro atoms. The molecule has 3 aliphatic carbocycles. The number of hydrogen-bond donors (Lipinski definition) is 0. The van der Waals surface area contributed by atoms with Gasteiger partial charge in [0.25, 0.3) is 0 Å². The van der Waals surface area contributed by atoms with E-state index in [2.05, 4.69) is 78.6 Å². The lowest BCUT2D eigenvalue weighted by Gasteiger charge is -2.41. The highest BCUT2D eigenvalue weighted by Crippen LogP contribution is 2.59. The third kappa shape index (κ3) is 2.07. The highest BCUT2D eigenvalue weighted by Gasteiger charge is 2.56. The molecule has 4 atom stereocenters. The van der Waals surface area contributed by atoms with Crippen LogP contribution in [0.5, 0.6) is 5.75 Å². The van der Waals surface area contributed by atoms with Gasteiger partial charge in [0.15, 0.2) is 0 Å². The summed E-state index contributed by atoms with van der Waals surface area (Å²) in [6, 6.07) is 9.58.